The van der Waals surface area contributed by atoms with Crippen LogP contribution >= 0.6 is 11.3 Å². The lowest BCUT2D eigenvalue weighted by Crippen LogP contribution is -2.31. The second kappa shape index (κ2) is 12.2. The Morgan fingerprint density at radius 3 is 2.62 bits per heavy atom. The molecular weight excluding hydrogens is 556 g/mol. The summed E-state index contributed by atoms with van der Waals surface area (Å²) in [7, 11) is 1.71. The number of nitrogens with one attached hydrogen (secondary N) is 2. The molecule has 15 heteroatoms. The smallest absolute Gasteiger partial charge is 0.403 e. The number of thiazole rings is 1. The van der Waals surface area contributed by atoms with E-state index in [0.717, 1.165) is 17.4 Å². The van der Waals surface area contributed by atoms with Crippen molar-refractivity contribution < 1.29 is 37.3 Å². The number of carbonyl (C=O) groups excluding carboxylic acids is 1. The average Bonchev–Trinajstić information content (AvgIpc) is 3.37. The van der Waals surface area contributed by atoms with Crippen LogP contribution in [0.5, 0.6) is 5.75 Å². The third-order valence-corrected chi connectivity index (χ3v) is 6.11. The Kier molecular flexibility index (Phi) is 8.77. The summed E-state index contributed by atoms with van der Waals surface area (Å²) in [6.45, 7) is -0.206. The van der Waals surface area contributed by atoms with Crippen molar-refractivity contribution in [3.05, 3.63) is 71.6 Å². The quantitative estimate of drug-likeness (QED) is 0.202. The fourth-order valence-electron chi connectivity index (χ4n) is 3.48. The van der Waals surface area contributed by atoms with Gasteiger partial charge in [0.25, 0.3) is 5.91 Å². The molecule has 2 aromatic heterocycles. The number of rotatable bonds is 10. The molecule has 4 N–H and O–H groups in total. The topological polar surface area (TPSA) is 133 Å². The van der Waals surface area contributed by atoms with E-state index in [-0.39, 0.29) is 35.1 Å². The SMILES string of the molecule is CN(CC(O)CO)c1cc(Nc2ccc(C(=O)Nc3nc(-c4cccc(OC(F)(F)F)c4F)cs3)cc2)ncn1. The van der Waals surface area contributed by atoms with Crippen LogP contribution in [0.2, 0.25) is 0 Å². The largest absolute Gasteiger partial charge is 0.573 e. The minimum atomic E-state index is -5.05. The van der Waals surface area contributed by atoms with Gasteiger partial charge < -0.3 is 25.2 Å². The van der Waals surface area contributed by atoms with Gasteiger partial charge in [0.2, 0.25) is 0 Å². The molecule has 0 spiro atoms. The molecule has 4 aromatic rings. The zero-order chi connectivity index (χ0) is 28.9. The highest BCUT2D eigenvalue weighted by Crippen LogP contribution is 2.34. The Balaban J connectivity index is 1.40. The number of aliphatic hydroxyl groups excluding tert-OH is 2. The van der Waals surface area contributed by atoms with Crippen LogP contribution in [-0.4, -0.2) is 63.7 Å². The lowest BCUT2D eigenvalue weighted by atomic mass is 10.1. The summed E-state index contributed by atoms with van der Waals surface area (Å²) in [6.07, 6.45) is -4.63. The fraction of sp³-hybridized carbons (Fsp3) is 0.200. The number of anilines is 4. The Morgan fingerprint density at radius 1 is 1.18 bits per heavy atom. The number of aliphatic hydroxyl groups is 2. The number of likely N-dealkylation sites (N-methyl/N-ethyl adjacent to an activating group) is 1. The number of aromatic nitrogens is 3. The first kappa shape index (κ1) is 28.7. The summed E-state index contributed by atoms with van der Waals surface area (Å²) in [5.74, 6) is -1.74. The van der Waals surface area contributed by atoms with E-state index in [1.807, 2.05) is 0 Å². The van der Waals surface area contributed by atoms with Gasteiger partial charge in [-0.05, 0) is 36.4 Å². The fourth-order valence-corrected chi connectivity index (χ4v) is 4.19. The number of hydrogen-bond acceptors (Lipinski definition) is 10. The highest BCUT2D eigenvalue weighted by atomic mass is 32.1. The number of hydrogen-bond donors (Lipinski definition) is 4. The number of benzene rings is 2. The first-order valence-corrected chi connectivity index (χ1v) is 12.4. The molecule has 1 amide bonds. The summed E-state index contributed by atoms with van der Waals surface area (Å²) in [5, 5.41) is 25.8. The van der Waals surface area contributed by atoms with E-state index in [9.17, 15) is 27.5 Å². The molecule has 0 radical (unpaired) electrons. The molecule has 0 fully saturated rings. The molecule has 1 unspecified atom stereocenters. The summed E-state index contributed by atoms with van der Waals surface area (Å²) < 4.78 is 55.8. The molecule has 0 aliphatic rings. The summed E-state index contributed by atoms with van der Waals surface area (Å²) in [4.78, 5) is 26.8. The van der Waals surface area contributed by atoms with Crippen LogP contribution in [0.1, 0.15) is 10.4 Å². The van der Waals surface area contributed by atoms with E-state index in [2.05, 4.69) is 30.3 Å². The Bertz CT molecular complexity index is 1470. The molecule has 0 bridgehead atoms. The summed E-state index contributed by atoms with van der Waals surface area (Å²) >= 11 is 0.976. The standard InChI is InChI=1S/C25H22F4N6O4S/c1-35(10-16(37)11-36)21-9-20(30-13-31-21)32-15-7-5-14(6-8-15)23(38)34-24-33-18(12-40-24)17-3-2-4-19(22(17)26)39-25(27,28)29/h2-9,12-13,16,36-37H,10-11H2,1H3,(H,30,31,32)(H,33,34,38). The van der Waals surface area contributed by atoms with Crippen molar-refractivity contribution in [1.82, 2.24) is 15.0 Å². The van der Waals surface area contributed by atoms with Crippen LogP contribution in [0.3, 0.4) is 0 Å². The zero-order valence-electron chi connectivity index (χ0n) is 20.7. The van der Waals surface area contributed by atoms with Gasteiger partial charge in [-0.2, -0.15) is 0 Å². The van der Waals surface area contributed by atoms with Gasteiger partial charge in [0.1, 0.15) is 18.0 Å². The number of halogens is 4. The van der Waals surface area contributed by atoms with Crippen molar-refractivity contribution in [2.24, 2.45) is 0 Å². The lowest BCUT2D eigenvalue weighted by molar-refractivity contribution is -0.275. The minimum Gasteiger partial charge on any atom is -0.403 e. The maximum atomic E-state index is 14.6. The third-order valence-electron chi connectivity index (χ3n) is 5.35. The van der Waals surface area contributed by atoms with E-state index in [4.69, 9.17) is 5.11 Å². The Hall–Kier alpha value is -4.34. The van der Waals surface area contributed by atoms with Gasteiger partial charge in [-0.25, -0.2) is 19.3 Å². The molecule has 2 heterocycles. The molecule has 0 aliphatic heterocycles. The van der Waals surface area contributed by atoms with E-state index in [1.54, 1.807) is 42.3 Å². The second-order valence-corrected chi connectivity index (χ2v) is 9.20. The second-order valence-electron chi connectivity index (χ2n) is 8.34. The molecule has 40 heavy (non-hydrogen) atoms. The van der Waals surface area contributed by atoms with Gasteiger partial charge in [0.15, 0.2) is 16.7 Å². The predicted octanol–water partition coefficient (Wildman–Crippen LogP) is 4.42. The highest BCUT2D eigenvalue weighted by molar-refractivity contribution is 7.14. The summed E-state index contributed by atoms with van der Waals surface area (Å²) in [5.41, 5.74) is 0.727. The van der Waals surface area contributed by atoms with Gasteiger partial charge in [0, 0.05) is 41.9 Å². The Labute approximate surface area is 228 Å². The van der Waals surface area contributed by atoms with Crippen molar-refractivity contribution in [2.75, 3.05) is 35.7 Å². The monoisotopic (exact) mass is 578 g/mol. The van der Waals surface area contributed by atoms with Crippen LogP contribution in [-0.2, 0) is 0 Å². The van der Waals surface area contributed by atoms with E-state index in [0.29, 0.717) is 17.3 Å². The van der Waals surface area contributed by atoms with E-state index < -0.39 is 29.9 Å². The van der Waals surface area contributed by atoms with Crippen LogP contribution in [0, 0.1) is 5.82 Å². The highest BCUT2D eigenvalue weighted by Gasteiger charge is 2.33. The maximum Gasteiger partial charge on any atom is 0.573 e. The first-order chi connectivity index (χ1) is 19.0. The van der Waals surface area contributed by atoms with Crippen LogP contribution in [0.25, 0.3) is 11.3 Å². The van der Waals surface area contributed by atoms with E-state index in [1.165, 1.54) is 23.8 Å². The first-order valence-electron chi connectivity index (χ1n) is 11.5. The minimum absolute atomic E-state index is 0.0331. The molecule has 0 aliphatic carbocycles. The van der Waals surface area contributed by atoms with Crippen molar-refractivity contribution in [3.63, 3.8) is 0 Å². The molecular formula is C25H22F4N6O4S. The predicted molar refractivity (Wildman–Crippen MR) is 140 cm³/mol. The van der Waals surface area contributed by atoms with Crippen molar-refractivity contribution in [3.8, 4) is 17.0 Å². The number of amides is 1. The van der Waals surface area contributed by atoms with Gasteiger partial charge in [-0.3, -0.25) is 10.1 Å². The number of alkyl halides is 3. The van der Waals surface area contributed by atoms with Crippen molar-refractivity contribution >= 4 is 39.7 Å². The molecule has 0 saturated heterocycles. The van der Waals surface area contributed by atoms with Crippen LogP contribution in [0.4, 0.5) is 40.0 Å². The normalized spacial score (nSPS) is 12.1. The average molecular weight is 579 g/mol. The summed E-state index contributed by atoms with van der Waals surface area (Å²) in [6, 6.07) is 11.3. The van der Waals surface area contributed by atoms with Crippen LogP contribution in [0.15, 0.2) is 60.2 Å². The van der Waals surface area contributed by atoms with Gasteiger partial charge in [0.05, 0.1) is 18.4 Å². The molecule has 10 nitrogen and oxygen atoms in total. The van der Waals surface area contributed by atoms with Gasteiger partial charge >= 0.3 is 6.36 Å². The van der Waals surface area contributed by atoms with Crippen LogP contribution < -0.4 is 20.3 Å². The molecule has 0 saturated carbocycles. The molecule has 1 atom stereocenters. The number of ether oxygens (including phenoxy) is 1. The van der Waals surface area contributed by atoms with Gasteiger partial charge in [-0.1, -0.05) is 6.07 Å². The molecule has 210 valence electrons. The third kappa shape index (κ3) is 7.40. The zero-order valence-corrected chi connectivity index (χ0v) is 21.5. The maximum absolute atomic E-state index is 14.6. The number of nitrogens with zero attached hydrogens (tertiary/aromatic N) is 4. The van der Waals surface area contributed by atoms with E-state index >= 15 is 0 Å². The lowest BCUT2D eigenvalue weighted by Gasteiger charge is -2.20. The van der Waals surface area contributed by atoms with Crippen molar-refractivity contribution in [1.29, 1.82) is 0 Å². The molecule has 4 rings (SSSR count). The van der Waals surface area contributed by atoms with Gasteiger partial charge in [-0.15, -0.1) is 24.5 Å². The Morgan fingerprint density at radius 2 is 1.93 bits per heavy atom. The molecule has 2 aromatic carbocycles. The number of carbonyl (C=O) groups is 1. The van der Waals surface area contributed by atoms with Crippen molar-refractivity contribution in [2.45, 2.75) is 12.5 Å².